The van der Waals surface area contributed by atoms with E-state index in [9.17, 15) is 4.79 Å². The number of hydrazone groups is 1. The first kappa shape index (κ1) is 28.9. The molecular formula is C33H39N5O2S. The topological polar surface area (TPSA) is 83.0 Å². The molecule has 0 aliphatic carbocycles. The fourth-order valence-corrected chi connectivity index (χ4v) is 6.16. The van der Waals surface area contributed by atoms with Gasteiger partial charge in [0.05, 0.1) is 12.1 Å². The van der Waals surface area contributed by atoms with E-state index in [1.807, 2.05) is 36.5 Å². The maximum Gasteiger partial charge on any atom is 0.283 e. The molecule has 1 N–H and O–H groups in total. The molecule has 2 aliphatic heterocycles. The number of benzene rings is 2. The molecule has 3 aromatic rings. The second kappa shape index (κ2) is 13.3. The van der Waals surface area contributed by atoms with Gasteiger partial charge in [-0.15, -0.1) is 0 Å². The number of thioether (sulfide) groups is 1. The zero-order valence-corrected chi connectivity index (χ0v) is 25.0. The van der Waals surface area contributed by atoms with E-state index in [-0.39, 0.29) is 11.4 Å². The number of nitrogens with one attached hydrogen (secondary N) is 1. The molecule has 0 saturated carbocycles. The molecule has 1 aromatic heterocycles. The summed E-state index contributed by atoms with van der Waals surface area (Å²) in [6, 6.07) is 16.4. The third kappa shape index (κ3) is 6.48. The lowest BCUT2D eigenvalue weighted by molar-refractivity contribution is -0.114. The van der Waals surface area contributed by atoms with E-state index in [0.717, 1.165) is 46.5 Å². The van der Waals surface area contributed by atoms with E-state index in [1.54, 1.807) is 6.08 Å². The molecular weight excluding hydrogens is 530 g/mol. The van der Waals surface area contributed by atoms with Gasteiger partial charge in [0.15, 0.2) is 5.84 Å². The van der Waals surface area contributed by atoms with Crippen molar-refractivity contribution in [2.45, 2.75) is 78.2 Å². The number of unbranched alkanes of at least 4 members (excludes halogenated alkanes) is 4. The first-order valence-corrected chi connectivity index (χ1v) is 15.6. The van der Waals surface area contributed by atoms with Gasteiger partial charge in [0, 0.05) is 22.7 Å². The number of carbonyl (C=O) groups is 1. The van der Waals surface area contributed by atoms with Crippen LogP contribution < -0.4 is 4.74 Å². The highest BCUT2D eigenvalue weighted by Crippen LogP contribution is 2.32. The molecule has 1 atom stereocenters. The monoisotopic (exact) mass is 569 g/mol. The van der Waals surface area contributed by atoms with Crippen LogP contribution in [0.3, 0.4) is 0 Å². The van der Waals surface area contributed by atoms with Gasteiger partial charge in [0.25, 0.3) is 5.91 Å². The van der Waals surface area contributed by atoms with Gasteiger partial charge in [-0.25, -0.2) is 0 Å². The van der Waals surface area contributed by atoms with Crippen LogP contribution in [0.2, 0.25) is 0 Å². The average Bonchev–Trinajstić information content (AvgIpc) is 3.56. The molecule has 214 valence electrons. The van der Waals surface area contributed by atoms with Crippen molar-refractivity contribution in [3.8, 4) is 5.75 Å². The number of ether oxygens (including phenoxy) is 1. The molecule has 2 aromatic carbocycles. The van der Waals surface area contributed by atoms with Crippen molar-refractivity contribution < 1.29 is 9.53 Å². The minimum absolute atomic E-state index is 0.0790. The molecule has 3 heterocycles. The molecule has 5 rings (SSSR count). The van der Waals surface area contributed by atoms with E-state index in [4.69, 9.17) is 10.1 Å². The van der Waals surface area contributed by atoms with Crippen LogP contribution in [0.25, 0.3) is 17.0 Å². The number of hydrogen-bond donors (Lipinski definition) is 1. The van der Waals surface area contributed by atoms with E-state index in [1.165, 1.54) is 48.0 Å². The normalized spacial score (nSPS) is 16.8. The van der Waals surface area contributed by atoms with Gasteiger partial charge in [-0.05, 0) is 60.7 Å². The molecule has 0 bridgehead atoms. The van der Waals surface area contributed by atoms with Gasteiger partial charge in [0.1, 0.15) is 17.4 Å². The third-order valence-electron chi connectivity index (χ3n) is 7.76. The van der Waals surface area contributed by atoms with Crippen LogP contribution in [0.5, 0.6) is 5.75 Å². The first-order chi connectivity index (χ1) is 20.0. The largest absolute Gasteiger partial charge is 0.491 e. The zero-order chi connectivity index (χ0) is 28.8. The number of para-hydroxylation sites is 2. The summed E-state index contributed by atoms with van der Waals surface area (Å²) in [5.41, 5.74) is 3.41. The molecule has 0 fully saturated rings. The van der Waals surface area contributed by atoms with Crippen LogP contribution in [0.1, 0.15) is 82.8 Å². The van der Waals surface area contributed by atoms with Crippen LogP contribution in [-0.2, 0) is 11.3 Å². The Morgan fingerprint density at radius 2 is 1.83 bits per heavy atom. The lowest BCUT2D eigenvalue weighted by atomic mass is 9.98. The molecule has 8 heteroatoms. The SMILES string of the molecule is CCCCCCCC1=NN2C(=N)C(=Cc3cn(CCOc4ccccc4C(C)CC)c4ccccc34)C(=O)N=C2S1. The number of amides is 1. The summed E-state index contributed by atoms with van der Waals surface area (Å²) < 4.78 is 8.40. The number of amidine groups is 2. The lowest BCUT2D eigenvalue weighted by Crippen LogP contribution is -2.35. The highest BCUT2D eigenvalue weighted by atomic mass is 32.2. The van der Waals surface area contributed by atoms with Gasteiger partial charge in [-0.3, -0.25) is 10.2 Å². The van der Waals surface area contributed by atoms with Gasteiger partial charge in [0.2, 0.25) is 5.17 Å². The molecule has 0 spiro atoms. The third-order valence-corrected chi connectivity index (χ3v) is 8.73. The fraction of sp³-hybridized carbons (Fsp3) is 0.394. The average molecular weight is 570 g/mol. The van der Waals surface area contributed by atoms with Crippen molar-refractivity contribution >= 4 is 50.7 Å². The molecule has 1 unspecified atom stereocenters. The number of fused-ring (bicyclic) bond motifs is 2. The Morgan fingerprint density at radius 3 is 2.66 bits per heavy atom. The number of aromatic nitrogens is 1. The van der Waals surface area contributed by atoms with Crippen molar-refractivity contribution in [3.63, 3.8) is 0 Å². The van der Waals surface area contributed by atoms with Gasteiger partial charge in [-0.1, -0.05) is 82.9 Å². The summed E-state index contributed by atoms with van der Waals surface area (Å²) in [5, 5.41) is 17.4. The van der Waals surface area contributed by atoms with Gasteiger partial charge >= 0.3 is 0 Å². The van der Waals surface area contributed by atoms with Crippen LogP contribution in [0, 0.1) is 5.41 Å². The quantitative estimate of drug-likeness (QED) is 0.166. The minimum atomic E-state index is -0.394. The van der Waals surface area contributed by atoms with E-state index >= 15 is 0 Å². The second-order valence-electron chi connectivity index (χ2n) is 10.7. The Kier molecular flexibility index (Phi) is 9.39. The second-order valence-corrected chi connectivity index (χ2v) is 11.7. The number of rotatable bonds is 13. The summed E-state index contributed by atoms with van der Waals surface area (Å²) >= 11 is 1.41. The summed E-state index contributed by atoms with van der Waals surface area (Å²) in [5.74, 6) is 1.05. The van der Waals surface area contributed by atoms with E-state index < -0.39 is 5.91 Å². The van der Waals surface area contributed by atoms with Crippen molar-refractivity contribution in [3.05, 3.63) is 71.4 Å². The summed E-state index contributed by atoms with van der Waals surface area (Å²) in [6.07, 6.45) is 11.6. The Balaban J connectivity index is 1.32. The van der Waals surface area contributed by atoms with Crippen molar-refractivity contribution in [2.75, 3.05) is 6.61 Å². The summed E-state index contributed by atoms with van der Waals surface area (Å²) in [7, 11) is 0. The number of nitrogens with zero attached hydrogens (tertiary/aromatic N) is 4. The van der Waals surface area contributed by atoms with Crippen LogP contribution in [-0.4, -0.2) is 38.1 Å². The standard InChI is InChI=1S/C33H39N5O2S/c1-4-6-7-8-9-18-30-36-38-31(34)27(32(39)35-33(38)41-30)21-24-22-37(28-16-12-10-15-26(24)28)19-20-40-29-17-13-11-14-25(29)23(3)5-2/h10-17,21-23,34H,4-9,18-20H2,1-3H3. The first-order valence-electron chi connectivity index (χ1n) is 14.8. The predicted octanol–water partition coefficient (Wildman–Crippen LogP) is 8.21. The minimum Gasteiger partial charge on any atom is -0.491 e. The molecule has 1 amide bonds. The van der Waals surface area contributed by atoms with Gasteiger partial charge in [-0.2, -0.15) is 15.1 Å². The van der Waals surface area contributed by atoms with Crippen LogP contribution in [0.15, 0.2) is 70.4 Å². The van der Waals surface area contributed by atoms with E-state index in [0.29, 0.717) is 24.2 Å². The van der Waals surface area contributed by atoms with Crippen molar-refractivity contribution in [1.82, 2.24) is 9.58 Å². The Bertz CT molecular complexity index is 1520. The zero-order valence-electron chi connectivity index (χ0n) is 24.2. The predicted molar refractivity (Wildman–Crippen MR) is 171 cm³/mol. The van der Waals surface area contributed by atoms with Crippen molar-refractivity contribution in [1.29, 1.82) is 5.41 Å². The molecule has 7 nitrogen and oxygen atoms in total. The molecule has 2 aliphatic rings. The Morgan fingerprint density at radius 1 is 1.05 bits per heavy atom. The Labute approximate surface area is 246 Å². The maximum atomic E-state index is 13.1. The molecule has 0 radical (unpaired) electrons. The van der Waals surface area contributed by atoms with Crippen LogP contribution in [0.4, 0.5) is 0 Å². The van der Waals surface area contributed by atoms with E-state index in [2.05, 4.69) is 53.6 Å². The molecule has 0 saturated heterocycles. The highest BCUT2D eigenvalue weighted by Gasteiger charge is 2.35. The summed E-state index contributed by atoms with van der Waals surface area (Å²) in [4.78, 5) is 17.4. The summed E-state index contributed by atoms with van der Waals surface area (Å²) in [6.45, 7) is 7.80. The maximum absolute atomic E-state index is 13.1. The number of aliphatic imine (C=N–C) groups is 1. The van der Waals surface area contributed by atoms with Crippen LogP contribution >= 0.6 is 11.8 Å². The highest BCUT2D eigenvalue weighted by molar-refractivity contribution is 8.26. The van der Waals surface area contributed by atoms with Gasteiger partial charge < -0.3 is 9.30 Å². The number of carbonyl (C=O) groups excluding carboxylic acids is 1. The lowest BCUT2D eigenvalue weighted by Gasteiger charge is -2.20. The fourth-order valence-electron chi connectivity index (χ4n) is 5.24. The Hall–Kier alpha value is -3.65. The van der Waals surface area contributed by atoms with Crippen molar-refractivity contribution in [2.24, 2.45) is 10.1 Å². The smallest absolute Gasteiger partial charge is 0.283 e. The molecule has 41 heavy (non-hydrogen) atoms. The number of hydrogen-bond acceptors (Lipinski definition) is 5.